The molecule has 27 heavy (non-hydrogen) atoms. The highest BCUT2D eigenvalue weighted by Crippen LogP contribution is 2.27. The summed E-state index contributed by atoms with van der Waals surface area (Å²) in [5.41, 5.74) is 3.89. The van der Waals surface area contributed by atoms with E-state index >= 15 is 0 Å². The number of piperazine rings is 1. The molecule has 148 valence electrons. The summed E-state index contributed by atoms with van der Waals surface area (Å²) in [6.45, 7) is 9.17. The van der Waals surface area contributed by atoms with Crippen LogP contribution in [0.15, 0.2) is 67.3 Å². The number of rotatable bonds is 8. The molecule has 1 heterocycles. The van der Waals surface area contributed by atoms with Crippen LogP contribution in [0.25, 0.3) is 0 Å². The molecule has 2 aromatic rings. The third-order valence-electron chi connectivity index (χ3n) is 4.87. The van der Waals surface area contributed by atoms with Crippen molar-refractivity contribution >= 4 is 30.5 Å². The van der Waals surface area contributed by atoms with Crippen molar-refractivity contribution in [2.75, 3.05) is 31.5 Å². The zero-order valence-corrected chi connectivity index (χ0v) is 17.4. The molecule has 2 N–H and O–H groups in total. The highest BCUT2D eigenvalue weighted by atomic mass is 35.5. The van der Waals surface area contributed by atoms with Gasteiger partial charge in [0.2, 0.25) is 0 Å². The van der Waals surface area contributed by atoms with Crippen molar-refractivity contribution < 1.29 is 0 Å². The molecule has 0 amide bonds. The van der Waals surface area contributed by atoms with Gasteiger partial charge in [-0.15, -0.1) is 31.4 Å². The SMILES string of the molecule is C=CCC[C@H](c1ccc(NCc2ccccc2)cc1)N1CCNCC1.Cl.Cl. The predicted molar refractivity (Wildman–Crippen MR) is 121 cm³/mol. The molecule has 1 aliphatic rings. The Labute approximate surface area is 176 Å². The van der Waals surface area contributed by atoms with Gasteiger partial charge in [0.1, 0.15) is 0 Å². The van der Waals surface area contributed by atoms with Crippen LogP contribution in [-0.2, 0) is 6.54 Å². The highest BCUT2D eigenvalue weighted by molar-refractivity contribution is 5.85. The van der Waals surface area contributed by atoms with E-state index in [1.807, 2.05) is 6.08 Å². The van der Waals surface area contributed by atoms with Gasteiger partial charge in [0.15, 0.2) is 0 Å². The van der Waals surface area contributed by atoms with Gasteiger partial charge in [-0.3, -0.25) is 4.90 Å². The lowest BCUT2D eigenvalue weighted by Gasteiger charge is -2.35. The molecule has 0 aliphatic carbocycles. The smallest absolute Gasteiger partial charge is 0.0400 e. The van der Waals surface area contributed by atoms with Crippen molar-refractivity contribution in [3.05, 3.63) is 78.4 Å². The second-order valence-corrected chi connectivity index (χ2v) is 6.63. The van der Waals surface area contributed by atoms with Crippen LogP contribution in [0.4, 0.5) is 5.69 Å². The van der Waals surface area contributed by atoms with Crippen LogP contribution in [0.3, 0.4) is 0 Å². The van der Waals surface area contributed by atoms with E-state index in [2.05, 4.69) is 76.7 Å². The lowest BCUT2D eigenvalue weighted by Crippen LogP contribution is -2.45. The fourth-order valence-electron chi connectivity index (χ4n) is 3.45. The van der Waals surface area contributed by atoms with E-state index in [1.165, 1.54) is 16.8 Å². The van der Waals surface area contributed by atoms with Crippen molar-refractivity contribution in [2.45, 2.75) is 25.4 Å². The number of benzene rings is 2. The molecule has 0 unspecified atom stereocenters. The molecule has 1 aliphatic heterocycles. The van der Waals surface area contributed by atoms with Crippen molar-refractivity contribution in [3.8, 4) is 0 Å². The Balaban J connectivity index is 0.00000182. The predicted octanol–water partition coefficient (Wildman–Crippen LogP) is 5.05. The fraction of sp³-hybridized carbons (Fsp3) is 0.364. The van der Waals surface area contributed by atoms with Crippen LogP contribution in [0, 0.1) is 0 Å². The summed E-state index contributed by atoms with van der Waals surface area (Å²) < 4.78 is 0. The molecular weight excluding hydrogens is 377 g/mol. The van der Waals surface area contributed by atoms with Gasteiger partial charge in [-0.1, -0.05) is 48.5 Å². The summed E-state index contributed by atoms with van der Waals surface area (Å²) in [4.78, 5) is 2.60. The van der Waals surface area contributed by atoms with E-state index in [0.29, 0.717) is 6.04 Å². The van der Waals surface area contributed by atoms with E-state index in [-0.39, 0.29) is 24.8 Å². The number of allylic oxidation sites excluding steroid dienone is 1. The summed E-state index contributed by atoms with van der Waals surface area (Å²) in [6, 6.07) is 20.0. The number of hydrogen-bond acceptors (Lipinski definition) is 3. The molecule has 0 saturated carbocycles. The first-order chi connectivity index (χ1) is 12.4. The second kappa shape index (κ2) is 12.8. The van der Waals surface area contributed by atoms with Crippen molar-refractivity contribution in [1.82, 2.24) is 10.2 Å². The molecule has 0 radical (unpaired) electrons. The Kier molecular flexibility index (Phi) is 11.1. The van der Waals surface area contributed by atoms with Crippen LogP contribution < -0.4 is 10.6 Å². The van der Waals surface area contributed by atoms with Gasteiger partial charge in [-0.25, -0.2) is 0 Å². The molecule has 0 aromatic heterocycles. The number of anilines is 1. The summed E-state index contributed by atoms with van der Waals surface area (Å²) in [5, 5.41) is 6.96. The zero-order chi connectivity index (χ0) is 17.3. The summed E-state index contributed by atoms with van der Waals surface area (Å²) in [5.74, 6) is 0. The van der Waals surface area contributed by atoms with Gasteiger partial charge >= 0.3 is 0 Å². The summed E-state index contributed by atoms with van der Waals surface area (Å²) in [6.07, 6.45) is 4.23. The van der Waals surface area contributed by atoms with Crippen molar-refractivity contribution in [2.24, 2.45) is 0 Å². The van der Waals surface area contributed by atoms with E-state index in [4.69, 9.17) is 0 Å². The van der Waals surface area contributed by atoms with E-state index in [0.717, 1.165) is 45.6 Å². The van der Waals surface area contributed by atoms with E-state index < -0.39 is 0 Å². The Morgan fingerprint density at radius 3 is 2.30 bits per heavy atom. The maximum Gasteiger partial charge on any atom is 0.0400 e. The Bertz CT molecular complexity index is 640. The number of nitrogens with one attached hydrogen (secondary N) is 2. The number of halogens is 2. The monoisotopic (exact) mass is 407 g/mol. The van der Waals surface area contributed by atoms with Crippen molar-refractivity contribution in [3.63, 3.8) is 0 Å². The van der Waals surface area contributed by atoms with Crippen LogP contribution in [0.5, 0.6) is 0 Å². The average Bonchev–Trinajstić information content (AvgIpc) is 2.69. The number of hydrogen-bond donors (Lipinski definition) is 2. The van der Waals surface area contributed by atoms with Crippen LogP contribution in [0.1, 0.15) is 30.0 Å². The molecule has 1 saturated heterocycles. The maximum absolute atomic E-state index is 3.90. The van der Waals surface area contributed by atoms with E-state index in [1.54, 1.807) is 0 Å². The fourth-order valence-corrected chi connectivity index (χ4v) is 3.45. The Hall–Kier alpha value is -1.52. The molecule has 1 fully saturated rings. The highest BCUT2D eigenvalue weighted by Gasteiger charge is 2.21. The first-order valence-electron chi connectivity index (χ1n) is 9.30. The van der Waals surface area contributed by atoms with Crippen LogP contribution in [-0.4, -0.2) is 31.1 Å². The van der Waals surface area contributed by atoms with Gasteiger partial charge in [0.25, 0.3) is 0 Å². The molecule has 0 bridgehead atoms. The van der Waals surface area contributed by atoms with Gasteiger partial charge in [-0.2, -0.15) is 0 Å². The number of nitrogens with zero attached hydrogens (tertiary/aromatic N) is 1. The lowest BCUT2D eigenvalue weighted by atomic mass is 9.99. The molecule has 1 atom stereocenters. The molecule has 0 spiro atoms. The standard InChI is InChI=1S/C22H29N3.2ClH/c1-2-3-9-22(25-16-14-23-15-17-25)20-10-12-21(13-11-20)24-18-19-7-5-4-6-8-19;;/h2,4-8,10-13,22-24H,1,3,9,14-18H2;2*1H/t22-;;/m1../s1. The van der Waals surface area contributed by atoms with Gasteiger partial charge in [0.05, 0.1) is 0 Å². The van der Waals surface area contributed by atoms with Gasteiger partial charge in [0, 0.05) is 44.5 Å². The Morgan fingerprint density at radius 2 is 1.67 bits per heavy atom. The van der Waals surface area contributed by atoms with Crippen molar-refractivity contribution in [1.29, 1.82) is 0 Å². The Morgan fingerprint density at radius 1 is 1.00 bits per heavy atom. The minimum atomic E-state index is 0. The second-order valence-electron chi connectivity index (χ2n) is 6.63. The van der Waals surface area contributed by atoms with Gasteiger partial charge < -0.3 is 10.6 Å². The molecular formula is C22H31Cl2N3. The van der Waals surface area contributed by atoms with Crippen LogP contribution >= 0.6 is 24.8 Å². The minimum Gasteiger partial charge on any atom is -0.381 e. The lowest BCUT2D eigenvalue weighted by molar-refractivity contribution is 0.166. The summed E-state index contributed by atoms with van der Waals surface area (Å²) >= 11 is 0. The summed E-state index contributed by atoms with van der Waals surface area (Å²) in [7, 11) is 0. The minimum absolute atomic E-state index is 0. The van der Waals surface area contributed by atoms with Crippen LogP contribution in [0.2, 0.25) is 0 Å². The largest absolute Gasteiger partial charge is 0.381 e. The molecule has 3 rings (SSSR count). The average molecular weight is 408 g/mol. The molecule has 5 heteroatoms. The topological polar surface area (TPSA) is 27.3 Å². The third-order valence-corrected chi connectivity index (χ3v) is 4.87. The van der Waals surface area contributed by atoms with Gasteiger partial charge in [-0.05, 0) is 36.1 Å². The maximum atomic E-state index is 3.90. The molecule has 3 nitrogen and oxygen atoms in total. The quantitative estimate of drug-likeness (QED) is 0.599. The first-order valence-corrected chi connectivity index (χ1v) is 9.30. The molecule has 2 aromatic carbocycles. The first kappa shape index (κ1) is 23.5. The normalized spacial score (nSPS) is 15.1. The van der Waals surface area contributed by atoms with E-state index in [9.17, 15) is 0 Å². The zero-order valence-electron chi connectivity index (χ0n) is 15.8. The third kappa shape index (κ3) is 7.19.